The van der Waals surface area contributed by atoms with Gasteiger partial charge in [0.15, 0.2) is 0 Å². The van der Waals surface area contributed by atoms with E-state index < -0.39 is 4.92 Å². The second-order valence-corrected chi connectivity index (χ2v) is 8.02. The summed E-state index contributed by atoms with van der Waals surface area (Å²) < 4.78 is 0. The molecule has 1 aromatic heterocycles. The summed E-state index contributed by atoms with van der Waals surface area (Å²) in [7, 11) is 0. The van der Waals surface area contributed by atoms with Crippen LogP contribution in [0.4, 0.5) is 17.5 Å². The number of nitrogen functional groups attached to an aromatic ring is 1. The number of aryl methyl sites for hydroxylation is 1. The Kier molecular flexibility index (Phi) is 6.64. The number of hydrogen-bond donors (Lipinski definition) is 3. The van der Waals surface area contributed by atoms with E-state index in [9.17, 15) is 10.1 Å². The zero-order valence-corrected chi connectivity index (χ0v) is 17.1. The van der Waals surface area contributed by atoms with E-state index in [2.05, 4.69) is 35.2 Å². The lowest BCUT2D eigenvalue weighted by Gasteiger charge is -2.27. The van der Waals surface area contributed by atoms with Gasteiger partial charge in [0.25, 0.3) is 0 Å². The van der Waals surface area contributed by atoms with E-state index in [0.29, 0.717) is 43.0 Å². The quantitative estimate of drug-likeness (QED) is 0.480. The summed E-state index contributed by atoms with van der Waals surface area (Å²) in [6.07, 6.45) is 4.68. The Bertz CT molecular complexity index is 878. The fourth-order valence-corrected chi connectivity index (χ4v) is 4.06. The number of rotatable bonds is 7. The molecular weight excluding hydrogens is 368 g/mol. The largest absolute Gasteiger partial charge is 0.378 e. The summed E-state index contributed by atoms with van der Waals surface area (Å²) in [4.78, 5) is 19.7. The van der Waals surface area contributed by atoms with Crippen LogP contribution in [0.15, 0.2) is 18.2 Å². The van der Waals surface area contributed by atoms with Crippen molar-refractivity contribution in [2.75, 3.05) is 17.6 Å². The van der Waals surface area contributed by atoms with Crippen LogP contribution < -0.4 is 16.8 Å². The molecular formula is C21H30N6O2. The van der Waals surface area contributed by atoms with Crippen molar-refractivity contribution in [1.82, 2.24) is 9.97 Å². The molecule has 8 heteroatoms. The van der Waals surface area contributed by atoms with Gasteiger partial charge < -0.3 is 16.8 Å². The first-order chi connectivity index (χ1) is 13.9. The number of nitrogens with one attached hydrogen (secondary N) is 1. The molecule has 0 atom stereocenters. The Labute approximate surface area is 171 Å². The monoisotopic (exact) mass is 398 g/mol. The number of nitrogens with two attached hydrogens (primary N) is 2. The molecule has 1 fully saturated rings. The minimum absolute atomic E-state index is 0.0842. The van der Waals surface area contributed by atoms with E-state index >= 15 is 0 Å². The first-order valence-electron chi connectivity index (χ1n) is 10.2. The van der Waals surface area contributed by atoms with Crippen molar-refractivity contribution in [3.05, 3.63) is 50.7 Å². The van der Waals surface area contributed by atoms with Crippen LogP contribution in [0.3, 0.4) is 0 Å². The van der Waals surface area contributed by atoms with Crippen molar-refractivity contribution in [2.45, 2.75) is 52.5 Å². The molecule has 29 heavy (non-hydrogen) atoms. The molecule has 8 nitrogen and oxygen atoms in total. The van der Waals surface area contributed by atoms with E-state index in [1.165, 1.54) is 11.1 Å². The normalized spacial score (nSPS) is 19.1. The SMILES string of the molecule is Cc1cccc(CNc2nc(N)c([N+](=O)[O-])c(CC3CCC(CN)CC3)n2)c1C. The van der Waals surface area contributed by atoms with E-state index in [4.69, 9.17) is 11.5 Å². The van der Waals surface area contributed by atoms with Crippen molar-refractivity contribution in [3.8, 4) is 0 Å². The van der Waals surface area contributed by atoms with Gasteiger partial charge in [-0.15, -0.1) is 0 Å². The average molecular weight is 399 g/mol. The van der Waals surface area contributed by atoms with Crippen LogP contribution in [0.5, 0.6) is 0 Å². The first kappa shape index (κ1) is 21.0. The highest BCUT2D eigenvalue weighted by atomic mass is 16.6. The second kappa shape index (κ2) is 9.17. The van der Waals surface area contributed by atoms with Crippen LogP contribution in [0, 0.1) is 35.8 Å². The van der Waals surface area contributed by atoms with E-state index in [1.807, 2.05) is 12.1 Å². The molecule has 0 saturated heterocycles. The summed E-state index contributed by atoms with van der Waals surface area (Å²) in [5.74, 6) is 1.17. The zero-order chi connectivity index (χ0) is 21.0. The summed E-state index contributed by atoms with van der Waals surface area (Å²) in [6.45, 7) is 5.38. The Hall–Kier alpha value is -2.74. The van der Waals surface area contributed by atoms with Crippen LogP contribution in [-0.4, -0.2) is 21.4 Å². The van der Waals surface area contributed by atoms with Gasteiger partial charge in [0, 0.05) is 6.54 Å². The highest BCUT2D eigenvalue weighted by molar-refractivity contribution is 5.58. The third-order valence-electron chi connectivity index (χ3n) is 6.10. The zero-order valence-electron chi connectivity index (χ0n) is 17.1. The molecule has 0 amide bonds. The van der Waals surface area contributed by atoms with Crippen LogP contribution in [0.25, 0.3) is 0 Å². The van der Waals surface area contributed by atoms with Crippen LogP contribution in [0.2, 0.25) is 0 Å². The third kappa shape index (κ3) is 5.00. The lowest BCUT2D eigenvalue weighted by molar-refractivity contribution is -0.385. The fourth-order valence-electron chi connectivity index (χ4n) is 4.06. The molecule has 0 bridgehead atoms. The van der Waals surface area contributed by atoms with Crippen LogP contribution in [0.1, 0.15) is 48.1 Å². The van der Waals surface area contributed by atoms with Gasteiger partial charge in [-0.25, -0.2) is 4.98 Å². The third-order valence-corrected chi connectivity index (χ3v) is 6.10. The van der Waals surface area contributed by atoms with Crippen LogP contribution >= 0.6 is 0 Å². The van der Waals surface area contributed by atoms with Gasteiger partial charge in [-0.3, -0.25) is 10.1 Å². The molecule has 0 spiro atoms. The van der Waals surface area contributed by atoms with Crippen molar-refractivity contribution in [1.29, 1.82) is 0 Å². The van der Waals surface area contributed by atoms with Gasteiger partial charge in [-0.05, 0) is 81.0 Å². The maximum Gasteiger partial charge on any atom is 0.332 e. The fraction of sp³-hybridized carbons (Fsp3) is 0.524. The standard InChI is InChI=1S/C21H30N6O2/c1-13-4-3-5-17(14(13)2)12-24-21-25-18(19(27(28)29)20(23)26-21)10-15-6-8-16(11-22)9-7-15/h3-5,15-16H,6-12,22H2,1-2H3,(H3,23,24,25,26). The Morgan fingerprint density at radius 1 is 1.17 bits per heavy atom. The predicted molar refractivity (Wildman–Crippen MR) is 115 cm³/mol. The number of hydrogen-bond acceptors (Lipinski definition) is 7. The molecule has 1 aliphatic carbocycles. The van der Waals surface area contributed by atoms with Crippen molar-refractivity contribution < 1.29 is 4.92 Å². The summed E-state index contributed by atoms with van der Waals surface area (Å²) in [5.41, 5.74) is 15.5. The molecule has 3 rings (SSSR count). The molecule has 1 heterocycles. The number of aromatic nitrogens is 2. The maximum absolute atomic E-state index is 11.6. The lowest BCUT2D eigenvalue weighted by atomic mass is 9.80. The Morgan fingerprint density at radius 2 is 1.86 bits per heavy atom. The van der Waals surface area contributed by atoms with Gasteiger partial charge in [-0.1, -0.05) is 18.2 Å². The van der Waals surface area contributed by atoms with Crippen molar-refractivity contribution in [3.63, 3.8) is 0 Å². The smallest absolute Gasteiger partial charge is 0.332 e. The first-order valence-corrected chi connectivity index (χ1v) is 10.2. The molecule has 2 aromatic rings. The van der Waals surface area contributed by atoms with E-state index in [0.717, 1.165) is 31.2 Å². The van der Waals surface area contributed by atoms with Gasteiger partial charge in [0.1, 0.15) is 5.69 Å². The van der Waals surface area contributed by atoms with E-state index in [1.54, 1.807) is 0 Å². The van der Waals surface area contributed by atoms with Crippen LogP contribution in [-0.2, 0) is 13.0 Å². The van der Waals surface area contributed by atoms with Gasteiger partial charge in [0.2, 0.25) is 11.8 Å². The summed E-state index contributed by atoms with van der Waals surface area (Å²) in [6, 6.07) is 6.12. The number of nitro groups is 1. The molecule has 0 aliphatic heterocycles. The second-order valence-electron chi connectivity index (χ2n) is 8.02. The number of nitrogens with zero attached hydrogens (tertiary/aromatic N) is 3. The lowest BCUT2D eigenvalue weighted by Crippen LogP contribution is -2.23. The molecule has 0 radical (unpaired) electrons. The maximum atomic E-state index is 11.6. The minimum Gasteiger partial charge on any atom is -0.378 e. The topological polar surface area (TPSA) is 133 Å². The average Bonchev–Trinajstić information content (AvgIpc) is 2.69. The number of anilines is 2. The molecule has 5 N–H and O–H groups in total. The highest BCUT2D eigenvalue weighted by Crippen LogP contribution is 2.34. The molecule has 1 saturated carbocycles. The van der Waals surface area contributed by atoms with E-state index in [-0.39, 0.29) is 11.5 Å². The van der Waals surface area contributed by atoms with Crippen molar-refractivity contribution in [2.24, 2.45) is 17.6 Å². The van der Waals surface area contributed by atoms with Crippen molar-refractivity contribution >= 4 is 17.5 Å². The molecule has 1 aliphatic rings. The summed E-state index contributed by atoms with van der Waals surface area (Å²) >= 11 is 0. The molecule has 0 unspecified atom stereocenters. The van der Waals surface area contributed by atoms with Gasteiger partial charge in [-0.2, -0.15) is 4.98 Å². The summed E-state index contributed by atoms with van der Waals surface area (Å²) in [5, 5.41) is 14.8. The Balaban J connectivity index is 1.78. The Morgan fingerprint density at radius 3 is 2.52 bits per heavy atom. The van der Waals surface area contributed by atoms with Gasteiger partial charge >= 0.3 is 5.69 Å². The predicted octanol–water partition coefficient (Wildman–Crippen LogP) is 3.50. The van der Waals surface area contributed by atoms with Gasteiger partial charge in [0.05, 0.1) is 4.92 Å². The highest BCUT2D eigenvalue weighted by Gasteiger charge is 2.27. The molecule has 156 valence electrons. The minimum atomic E-state index is -0.468. The molecule has 1 aromatic carbocycles. The number of benzene rings is 1.